The second-order valence-electron chi connectivity index (χ2n) is 5.00. The third kappa shape index (κ3) is 4.45. The van der Waals surface area contributed by atoms with Crippen molar-refractivity contribution in [2.24, 2.45) is 5.41 Å². The van der Waals surface area contributed by atoms with Crippen LogP contribution in [0.5, 0.6) is 6.01 Å². The number of aromatic nitrogens is 3. The van der Waals surface area contributed by atoms with Crippen LogP contribution in [0.25, 0.3) is 0 Å². The van der Waals surface area contributed by atoms with Crippen LogP contribution in [0, 0.1) is 5.41 Å². The maximum Gasteiger partial charge on any atom is 0.321 e. The van der Waals surface area contributed by atoms with E-state index in [9.17, 15) is 4.79 Å². The molecule has 1 saturated carbocycles. The molecule has 1 aromatic rings. The fourth-order valence-electron chi connectivity index (χ4n) is 1.88. The molecule has 1 heterocycles. The first-order valence-corrected chi connectivity index (χ1v) is 7.83. The number of methoxy groups -OCH3 is 2. The van der Waals surface area contributed by atoms with Crippen LogP contribution in [0.1, 0.15) is 26.2 Å². The number of thioether (sulfide) groups is 1. The van der Waals surface area contributed by atoms with Gasteiger partial charge in [0.1, 0.15) is 0 Å². The van der Waals surface area contributed by atoms with Crippen molar-refractivity contribution in [1.29, 1.82) is 0 Å². The summed E-state index contributed by atoms with van der Waals surface area (Å²) < 4.78 is 9.83. The Balaban J connectivity index is 1.99. The first kappa shape index (κ1) is 15.8. The molecule has 0 aromatic carbocycles. The molecule has 0 amide bonds. The van der Waals surface area contributed by atoms with Gasteiger partial charge in [-0.05, 0) is 25.2 Å². The van der Waals surface area contributed by atoms with Crippen LogP contribution < -0.4 is 10.1 Å². The lowest BCUT2D eigenvalue weighted by Gasteiger charge is -2.12. The average molecular weight is 312 g/mol. The van der Waals surface area contributed by atoms with E-state index in [0.717, 1.165) is 25.1 Å². The van der Waals surface area contributed by atoms with Gasteiger partial charge in [0, 0.05) is 12.3 Å². The van der Waals surface area contributed by atoms with E-state index in [1.54, 1.807) is 0 Å². The molecule has 0 atom stereocenters. The molecule has 21 heavy (non-hydrogen) atoms. The molecule has 8 heteroatoms. The van der Waals surface area contributed by atoms with Crippen LogP contribution in [0.3, 0.4) is 0 Å². The van der Waals surface area contributed by atoms with Gasteiger partial charge < -0.3 is 14.8 Å². The highest BCUT2D eigenvalue weighted by atomic mass is 32.2. The van der Waals surface area contributed by atoms with E-state index < -0.39 is 0 Å². The minimum absolute atomic E-state index is 0.0377. The summed E-state index contributed by atoms with van der Waals surface area (Å²) in [7, 11) is 2.95. The largest absolute Gasteiger partial charge is 0.469 e. The summed E-state index contributed by atoms with van der Waals surface area (Å²) in [6, 6.07) is 0.293. The molecule has 1 aliphatic rings. The first-order valence-electron chi connectivity index (χ1n) is 6.84. The Labute approximate surface area is 128 Å². The second-order valence-corrected chi connectivity index (χ2v) is 5.94. The first-order chi connectivity index (χ1) is 10.1. The molecule has 0 saturated heterocycles. The van der Waals surface area contributed by atoms with E-state index in [4.69, 9.17) is 9.47 Å². The lowest BCUT2D eigenvalue weighted by Crippen LogP contribution is -2.13. The molecule has 1 aromatic heterocycles. The summed E-state index contributed by atoms with van der Waals surface area (Å²) in [4.78, 5) is 24.1. The van der Waals surface area contributed by atoms with Gasteiger partial charge in [-0.15, -0.1) is 0 Å². The number of rotatable bonds is 8. The number of carbonyl (C=O) groups is 1. The van der Waals surface area contributed by atoms with Crippen LogP contribution in [0.4, 0.5) is 5.95 Å². The molecule has 0 bridgehead atoms. The Morgan fingerprint density at radius 1 is 1.33 bits per heavy atom. The van der Waals surface area contributed by atoms with E-state index in [0.29, 0.717) is 23.5 Å². The van der Waals surface area contributed by atoms with E-state index >= 15 is 0 Å². The van der Waals surface area contributed by atoms with Gasteiger partial charge in [-0.3, -0.25) is 4.79 Å². The maximum atomic E-state index is 11.4. The zero-order chi connectivity index (χ0) is 15.3. The molecular formula is C13H20N4O3S. The molecule has 2 rings (SSSR count). The Hall–Kier alpha value is -1.57. The summed E-state index contributed by atoms with van der Waals surface area (Å²) in [5.74, 6) is 1.14. The highest BCUT2D eigenvalue weighted by molar-refractivity contribution is 7.99. The molecule has 0 aliphatic heterocycles. The molecule has 1 aliphatic carbocycles. The standard InChI is InChI=1S/C13H20N4O3S/c1-4-14-10-15-11(20-3)17-12(16-10)21-8-13(5-6-13)7-9(18)19-2/h4-8H2,1-3H3,(H,14,15,16,17). The van der Waals surface area contributed by atoms with Crippen LogP contribution in [0.2, 0.25) is 0 Å². The zero-order valence-corrected chi connectivity index (χ0v) is 13.3. The van der Waals surface area contributed by atoms with Crippen LogP contribution >= 0.6 is 11.8 Å². The van der Waals surface area contributed by atoms with E-state index in [1.807, 2.05) is 6.92 Å². The molecule has 116 valence electrons. The molecule has 0 radical (unpaired) electrons. The van der Waals surface area contributed by atoms with Gasteiger partial charge >= 0.3 is 12.0 Å². The van der Waals surface area contributed by atoms with Crippen molar-refractivity contribution in [1.82, 2.24) is 15.0 Å². The minimum Gasteiger partial charge on any atom is -0.469 e. The number of hydrogen-bond acceptors (Lipinski definition) is 8. The number of hydrogen-bond donors (Lipinski definition) is 1. The predicted molar refractivity (Wildman–Crippen MR) is 79.6 cm³/mol. The second kappa shape index (κ2) is 6.93. The fourth-order valence-corrected chi connectivity index (χ4v) is 3.00. The monoisotopic (exact) mass is 312 g/mol. The van der Waals surface area contributed by atoms with Crippen molar-refractivity contribution in [3.63, 3.8) is 0 Å². The summed E-state index contributed by atoms with van der Waals surface area (Å²) >= 11 is 1.52. The highest BCUT2D eigenvalue weighted by Crippen LogP contribution is 2.51. The van der Waals surface area contributed by atoms with Gasteiger partial charge in [0.05, 0.1) is 20.6 Å². The minimum atomic E-state index is -0.158. The third-order valence-corrected chi connectivity index (χ3v) is 4.52. The van der Waals surface area contributed by atoms with Crippen LogP contribution in [0.15, 0.2) is 5.16 Å². The Kier molecular flexibility index (Phi) is 5.22. The third-order valence-electron chi connectivity index (χ3n) is 3.32. The summed E-state index contributed by atoms with van der Waals surface area (Å²) in [6.07, 6.45) is 2.54. The maximum absolute atomic E-state index is 11.4. The van der Waals surface area contributed by atoms with Gasteiger partial charge in [-0.2, -0.15) is 15.0 Å². The molecule has 7 nitrogen and oxygen atoms in total. The number of nitrogens with zero attached hydrogens (tertiary/aromatic N) is 3. The predicted octanol–water partition coefficient (Wildman–Crippen LogP) is 1.75. The van der Waals surface area contributed by atoms with Crippen LogP contribution in [-0.2, 0) is 9.53 Å². The summed E-state index contributed by atoms with van der Waals surface area (Å²) in [5.41, 5.74) is 0.0377. The number of anilines is 1. The Bertz CT molecular complexity index is 508. The van der Waals surface area contributed by atoms with Gasteiger partial charge in [-0.1, -0.05) is 11.8 Å². The average Bonchev–Trinajstić information content (AvgIpc) is 3.25. The molecular weight excluding hydrogens is 292 g/mol. The normalized spacial score (nSPS) is 15.4. The van der Waals surface area contributed by atoms with Crippen molar-refractivity contribution < 1.29 is 14.3 Å². The van der Waals surface area contributed by atoms with Crippen molar-refractivity contribution >= 4 is 23.7 Å². The Morgan fingerprint density at radius 2 is 2.10 bits per heavy atom. The number of ether oxygens (including phenoxy) is 2. The molecule has 1 fully saturated rings. The van der Waals surface area contributed by atoms with Gasteiger partial charge in [0.25, 0.3) is 0 Å². The van der Waals surface area contributed by atoms with E-state index in [1.165, 1.54) is 26.0 Å². The smallest absolute Gasteiger partial charge is 0.321 e. The molecule has 0 spiro atoms. The zero-order valence-electron chi connectivity index (χ0n) is 12.5. The van der Waals surface area contributed by atoms with E-state index in [2.05, 4.69) is 20.3 Å². The number of carbonyl (C=O) groups excluding carboxylic acids is 1. The van der Waals surface area contributed by atoms with Gasteiger partial charge in [-0.25, -0.2) is 0 Å². The fraction of sp³-hybridized carbons (Fsp3) is 0.692. The lowest BCUT2D eigenvalue weighted by molar-refractivity contribution is -0.141. The van der Waals surface area contributed by atoms with Crippen molar-refractivity contribution in [2.45, 2.75) is 31.3 Å². The van der Waals surface area contributed by atoms with Crippen molar-refractivity contribution in [2.75, 3.05) is 31.8 Å². The SMILES string of the molecule is CCNc1nc(OC)nc(SCC2(CC(=O)OC)CC2)n1. The van der Waals surface area contributed by atoms with Gasteiger partial charge in [0.2, 0.25) is 5.95 Å². The highest BCUT2D eigenvalue weighted by Gasteiger charge is 2.44. The molecule has 0 unspecified atom stereocenters. The summed E-state index contributed by atoms with van der Waals surface area (Å²) in [6.45, 7) is 2.70. The van der Waals surface area contributed by atoms with Gasteiger partial charge in [0.15, 0.2) is 5.16 Å². The lowest BCUT2D eigenvalue weighted by atomic mass is 10.1. The van der Waals surface area contributed by atoms with Crippen LogP contribution in [-0.4, -0.2) is 47.4 Å². The van der Waals surface area contributed by atoms with Crippen molar-refractivity contribution in [3.8, 4) is 6.01 Å². The molecule has 1 N–H and O–H groups in total. The number of nitrogens with one attached hydrogen (secondary N) is 1. The quantitative estimate of drug-likeness (QED) is 0.574. The van der Waals surface area contributed by atoms with Crippen molar-refractivity contribution in [3.05, 3.63) is 0 Å². The summed E-state index contributed by atoms with van der Waals surface area (Å²) in [5, 5.41) is 3.65. The number of esters is 1. The van der Waals surface area contributed by atoms with E-state index in [-0.39, 0.29) is 11.4 Å². The topological polar surface area (TPSA) is 86.2 Å². The Morgan fingerprint density at radius 3 is 2.67 bits per heavy atom.